The molecule has 0 saturated heterocycles. The van der Waals surface area contributed by atoms with Gasteiger partial charge in [-0.2, -0.15) is 0 Å². The summed E-state index contributed by atoms with van der Waals surface area (Å²) in [6, 6.07) is 52.6. The van der Waals surface area contributed by atoms with Crippen molar-refractivity contribution in [2.24, 2.45) is 0 Å². The number of nitrogens with one attached hydrogen (secondary N) is 2. The average Bonchev–Trinajstić information content (AvgIpc) is 0.823. The zero-order chi connectivity index (χ0) is 82.2. The summed E-state index contributed by atoms with van der Waals surface area (Å²) in [4.78, 5) is 59.8. The van der Waals surface area contributed by atoms with Crippen molar-refractivity contribution in [2.75, 3.05) is 111 Å². The molecular formula is C80H89BBrClN10O16S3. The average molecular weight is 1670 g/mol. The number of thioether (sulfide) groups is 3. The topological polar surface area (TPSA) is 358 Å². The van der Waals surface area contributed by atoms with E-state index in [2.05, 4.69) is 56.5 Å². The summed E-state index contributed by atoms with van der Waals surface area (Å²) < 4.78 is 52.7. The van der Waals surface area contributed by atoms with Crippen molar-refractivity contribution in [1.29, 1.82) is 0 Å². The van der Waals surface area contributed by atoms with E-state index in [1.54, 1.807) is 68.6 Å². The Balaban J connectivity index is 0.000000251. The van der Waals surface area contributed by atoms with Crippen molar-refractivity contribution < 1.29 is 76.9 Å². The van der Waals surface area contributed by atoms with Crippen molar-refractivity contribution in [3.8, 4) is 79.4 Å². The Kier molecular flexibility index (Phi) is 39.6. The molecule has 0 unspecified atom stereocenters. The van der Waals surface area contributed by atoms with Crippen LogP contribution < -0.4 is 65.5 Å². The molecule has 9 N–H and O–H groups in total. The molecule has 0 atom stereocenters. The number of carboxylic acid groups (broad SMARTS) is 1. The smallest absolute Gasteiger partial charge is 0.488 e. The number of nitrogen functional groups attached to an aromatic ring is 2. The van der Waals surface area contributed by atoms with Crippen LogP contribution in [0, 0.1) is 0 Å². The lowest BCUT2D eigenvalue weighted by Crippen LogP contribution is -2.29. The number of anilines is 6. The van der Waals surface area contributed by atoms with Crippen molar-refractivity contribution >= 4 is 128 Å². The number of carbonyl (C=O) groups excluding carboxylic acids is 2. The number of benzene rings is 8. The molecule has 26 nitrogen and oxygen atoms in total. The van der Waals surface area contributed by atoms with E-state index in [0.717, 1.165) is 60.7 Å². The van der Waals surface area contributed by atoms with Gasteiger partial charge < -0.3 is 84.6 Å². The molecule has 0 radical (unpaired) electrons. The molecule has 0 fully saturated rings. The Bertz CT molecular complexity index is 4840. The van der Waals surface area contributed by atoms with Gasteiger partial charge >= 0.3 is 25.0 Å². The Labute approximate surface area is 678 Å². The molecule has 0 aliphatic heterocycles. The van der Waals surface area contributed by atoms with Gasteiger partial charge in [-0.15, -0.1) is 0 Å². The number of methoxy groups -OCH3 is 8. The van der Waals surface area contributed by atoms with E-state index in [9.17, 15) is 19.5 Å². The summed E-state index contributed by atoms with van der Waals surface area (Å²) in [7, 11) is 11.2. The number of nitrogens with two attached hydrogens (primary N) is 2. The van der Waals surface area contributed by atoms with Crippen LogP contribution in [0.1, 0.15) is 58.8 Å². The molecule has 0 aliphatic carbocycles. The number of aromatic nitrogens is 6. The number of esters is 2. The number of rotatable bonds is 24. The molecular weight excluding hydrogens is 1580 g/mol. The molecule has 0 bridgehead atoms. The highest BCUT2D eigenvalue weighted by atomic mass is 79.9. The molecule has 112 heavy (non-hydrogen) atoms. The first-order chi connectivity index (χ1) is 54.0. The minimum Gasteiger partial charge on any atom is -0.493 e. The van der Waals surface area contributed by atoms with Gasteiger partial charge in [0.05, 0.1) is 70.1 Å². The highest BCUT2D eigenvalue weighted by Gasteiger charge is 2.20. The first-order valence-corrected chi connectivity index (χ1v) is 38.7. The van der Waals surface area contributed by atoms with Crippen LogP contribution >= 0.6 is 62.8 Å². The molecule has 3 aromatic heterocycles. The lowest BCUT2D eigenvalue weighted by molar-refractivity contribution is 0.0516. The minimum absolute atomic E-state index is 0.00863. The van der Waals surface area contributed by atoms with Crippen LogP contribution in [0.5, 0.6) is 46.0 Å². The maximum Gasteiger partial charge on any atom is 0.488 e. The maximum absolute atomic E-state index is 12.3. The second kappa shape index (κ2) is 48.5. The molecule has 3 heterocycles. The van der Waals surface area contributed by atoms with E-state index >= 15 is 0 Å². The van der Waals surface area contributed by atoms with E-state index in [0.29, 0.717) is 79.3 Å². The fourth-order valence-corrected chi connectivity index (χ4v) is 11.2. The number of carboxylic acids is 1. The number of aromatic carboxylic acids is 1. The minimum atomic E-state index is -1.49. The Morgan fingerprint density at radius 3 is 1.13 bits per heavy atom. The molecule has 11 rings (SSSR count). The number of nitrogens with zero attached hydrogens (tertiary/aromatic N) is 6. The first kappa shape index (κ1) is 91.4. The number of hydrogen-bond donors (Lipinski definition) is 7. The standard InChI is InChI=1S/C22H23N3O4S.C20H19N3O4S.C14H15NO2.C8H11BO4.C8H9ClN2O2S.C6H6BrN.C2H6/c1-5-29-21(26)17-13-23-22(30-4)25-20(17)24-16-8-6-7-14(11-16)15-9-10-18(27-2)19(12-15)28-3;1-26-16-8-7-13(10-17(16)27-2)12-5-4-6-14(9-12)22-18-15(19(24)25)11-21-20(23-18)28-3;1-16-13-7-6-11(9-14(13)17-2)10-4-3-5-12(15)8-10;1-12-7-4-3-6(9(10)11)5-8(7)13-2;1-3-13-7(12)5-4-10-8(14-2)11-6(5)9;7-5-2-1-3-6(8)4-5;1-2/h6-13H,5H2,1-4H3,(H,23,24,25);4-11H,1-3H3,(H,24,25)(H,21,22,23);3-9H,15H2,1-2H3;3-5,10-11H,1-2H3;4H,3H2,1-2H3;1-4H,8H2;1-2H3. The molecule has 0 spiro atoms. The Morgan fingerprint density at radius 1 is 0.438 bits per heavy atom. The van der Waals surface area contributed by atoms with E-state index < -0.39 is 25.0 Å². The van der Waals surface area contributed by atoms with Crippen LogP contribution in [-0.4, -0.2) is 159 Å². The lowest BCUT2D eigenvalue weighted by Gasteiger charge is -2.13. The van der Waals surface area contributed by atoms with Gasteiger partial charge in [0.1, 0.15) is 33.5 Å². The molecule has 32 heteroatoms. The van der Waals surface area contributed by atoms with Gasteiger partial charge in [-0.25, -0.2) is 44.3 Å². The summed E-state index contributed by atoms with van der Waals surface area (Å²) in [5.41, 5.74) is 21.0. The third kappa shape index (κ3) is 28.0. The van der Waals surface area contributed by atoms with E-state index in [-0.39, 0.29) is 34.3 Å². The fraction of sp³-hybridized carbons (Fsp3) is 0.212. The summed E-state index contributed by atoms with van der Waals surface area (Å²) in [6.07, 6.45) is 9.70. The zero-order valence-corrected chi connectivity index (χ0v) is 69.1. The maximum atomic E-state index is 12.3. The van der Waals surface area contributed by atoms with Crippen molar-refractivity contribution in [3.63, 3.8) is 0 Å². The van der Waals surface area contributed by atoms with E-state index in [4.69, 9.17) is 80.5 Å². The highest BCUT2D eigenvalue weighted by molar-refractivity contribution is 9.10. The summed E-state index contributed by atoms with van der Waals surface area (Å²) in [6.45, 7) is 8.06. The van der Waals surface area contributed by atoms with Gasteiger partial charge in [-0.05, 0) is 175 Å². The van der Waals surface area contributed by atoms with Gasteiger partial charge in [0.15, 0.2) is 61.5 Å². The predicted molar refractivity (Wildman–Crippen MR) is 451 cm³/mol. The fourth-order valence-electron chi connectivity index (χ4n) is 9.54. The normalized spacial score (nSPS) is 9.96. The van der Waals surface area contributed by atoms with E-state index in [1.165, 1.54) is 74.2 Å². The monoisotopic (exact) mass is 1670 g/mol. The van der Waals surface area contributed by atoms with Crippen molar-refractivity contribution in [1.82, 2.24) is 29.9 Å². The summed E-state index contributed by atoms with van der Waals surface area (Å²) in [5.74, 6) is 3.67. The van der Waals surface area contributed by atoms with Gasteiger partial charge in [-0.3, -0.25) is 0 Å². The molecule has 0 saturated carbocycles. The number of hydrogen-bond acceptors (Lipinski definition) is 28. The largest absolute Gasteiger partial charge is 0.493 e. The van der Waals surface area contributed by atoms with Crippen LogP contribution in [0.2, 0.25) is 5.15 Å². The Hall–Kier alpha value is -11.2. The van der Waals surface area contributed by atoms with E-state index in [1.807, 2.05) is 184 Å². The molecule has 8 aromatic carbocycles. The van der Waals surface area contributed by atoms with Crippen LogP contribution in [0.25, 0.3) is 33.4 Å². The van der Waals surface area contributed by atoms with Crippen LogP contribution in [-0.2, 0) is 9.47 Å². The quantitative estimate of drug-likeness (QED) is 0.00738. The molecule has 0 amide bonds. The van der Waals surface area contributed by atoms with Gasteiger partial charge in [0.2, 0.25) is 0 Å². The third-order valence-corrected chi connectivity index (χ3v) is 17.3. The van der Waals surface area contributed by atoms with Crippen molar-refractivity contribution in [3.05, 3.63) is 215 Å². The molecule has 590 valence electrons. The molecule has 0 aliphatic rings. The van der Waals surface area contributed by atoms with Gasteiger partial charge in [-0.1, -0.05) is 143 Å². The zero-order valence-electron chi connectivity index (χ0n) is 64.4. The third-order valence-electron chi connectivity index (χ3n) is 14.9. The van der Waals surface area contributed by atoms with Crippen molar-refractivity contribution in [2.45, 2.75) is 43.2 Å². The number of halogens is 2. The predicted octanol–water partition coefficient (Wildman–Crippen LogP) is 16.6. The number of ether oxygens (including phenoxy) is 10. The Morgan fingerprint density at radius 2 is 0.777 bits per heavy atom. The first-order valence-electron chi connectivity index (χ1n) is 33.9. The van der Waals surface area contributed by atoms with Crippen LogP contribution in [0.4, 0.5) is 34.4 Å². The van der Waals surface area contributed by atoms with Gasteiger partial charge in [0, 0.05) is 45.8 Å². The second-order valence-corrected chi connectivity index (χ2v) is 25.4. The lowest BCUT2D eigenvalue weighted by atomic mass is 9.80. The number of carbonyl (C=O) groups is 3. The molecule has 11 aromatic rings. The van der Waals surface area contributed by atoms with Crippen LogP contribution in [0.3, 0.4) is 0 Å². The van der Waals surface area contributed by atoms with Crippen LogP contribution in [0.15, 0.2) is 208 Å². The summed E-state index contributed by atoms with van der Waals surface area (Å²) >= 11 is 13.1. The highest BCUT2D eigenvalue weighted by Crippen LogP contribution is 2.37. The SMILES string of the molecule is CC.CCOC(=O)c1cnc(SC)nc1Cl.CCOC(=O)c1cnc(SC)nc1Nc1cccc(-c2ccc(OC)c(OC)c2)c1.COc1ccc(-c2cccc(N)c2)cc1OC.COc1ccc(-c2cccc(Nc3nc(SC)ncc3C(=O)O)c2)cc1OC.COc1ccc(B(O)O)cc1OC.Nc1cccc(Br)c1. The summed E-state index contributed by atoms with van der Waals surface area (Å²) in [5, 5.41) is 35.1. The van der Waals surface area contributed by atoms with Gasteiger partial charge in [0.25, 0.3) is 0 Å². The second-order valence-electron chi connectivity index (χ2n) is 21.8.